The Morgan fingerprint density at radius 3 is 1.96 bits per heavy atom. The van der Waals surface area contributed by atoms with Gasteiger partial charge in [0.15, 0.2) is 0 Å². The molecule has 0 bridgehead atoms. The molecule has 0 aliphatic rings. The lowest BCUT2D eigenvalue weighted by molar-refractivity contribution is -0.137. The fraction of sp³-hybridized carbons (Fsp3) is 0.235. The van der Waals surface area contributed by atoms with Crippen molar-refractivity contribution in [3.05, 3.63) is 59.7 Å². The van der Waals surface area contributed by atoms with Crippen LogP contribution in [-0.2, 0) is 17.5 Å². The smallest absolute Gasteiger partial charge is 0.368 e. The zero-order valence-corrected chi connectivity index (χ0v) is 12.5. The summed E-state index contributed by atoms with van der Waals surface area (Å²) in [6.07, 6.45) is -4.33. The predicted molar refractivity (Wildman–Crippen MR) is 82.4 cm³/mol. The van der Waals surface area contributed by atoms with Gasteiger partial charge < -0.3 is 11.1 Å². The molecule has 122 valence electrons. The molecule has 1 amide bonds. The Morgan fingerprint density at radius 1 is 1.04 bits per heavy atom. The molecule has 0 spiro atoms. The number of carbonyl (C=O) groups excluding carboxylic acids is 1. The number of rotatable bonds is 5. The third-order valence-corrected chi connectivity index (χ3v) is 3.54. The van der Waals surface area contributed by atoms with Gasteiger partial charge in [-0.1, -0.05) is 36.4 Å². The highest BCUT2D eigenvalue weighted by atomic mass is 19.4. The van der Waals surface area contributed by atoms with Crippen molar-refractivity contribution in [1.29, 1.82) is 0 Å². The molecule has 0 saturated heterocycles. The first-order valence-electron chi connectivity index (χ1n) is 7.06. The Bertz CT molecular complexity index is 664. The van der Waals surface area contributed by atoms with E-state index in [-0.39, 0.29) is 0 Å². The van der Waals surface area contributed by atoms with Crippen LogP contribution in [0.3, 0.4) is 0 Å². The summed E-state index contributed by atoms with van der Waals surface area (Å²) in [6, 6.07) is 12.0. The Morgan fingerprint density at radius 2 is 1.52 bits per heavy atom. The average Bonchev–Trinajstić information content (AvgIpc) is 2.52. The molecule has 6 heteroatoms. The van der Waals surface area contributed by atoms with Crippen LogP contribution in [0.2, 0.25) is 0 Å². The molecule has 23 heavy (non-hydrogen) atoms. The summed E-state index contributed by atoms with van der Waals surface area (Å²) in [5.41, 5.74) is 6.99. The third-order valence-electron chi connectivity index (χ3n) is 3.54. The van der Waals surface area contributed by atoms with Crippen molar-refractivity contribution in [1.82, 2.24) is 5.32 Å². The number of nitrogens with two attached hydrogens (primary N) is 1. The molecule has 3 nitrogen and oxygen atoms in total. The zero-order valence-electron chi connectivity index (χ0n) is 12.5. The Labute approximate surface area is 132 Å². The highest BCUT2D eigenvalue weighted by Gasteiger charge is 2.29. The first-order valence-corrected chi connectivity index (χ1v) is 7.06. The lowest BCUT2D eigenvalue weighted by Gasteiger charge is -2.11. The Kier molecular flexibility index (Phi) is 5.05. The molecule has 0 radical (unpaired) electrons. The van der Waals surface area contributed by atoms with E-state index in [0.717, 1.165) is 23.3 Å². The lowest BCUT2D eigenvalue weighted by Crippen LogP contribution is -2.38. The number of hydrogen-bond acceptors (Lipinski definition) is 2. The molecule has 0 saturated carbocycles. The fourth-order valence-electron chi connectivity index (χ4n) is 2.04. The number of hydrogen-bond donors (Lipinski definition) is 2. The van der Waals surface area contributed by atoms with Gasteiger partial charge in [-0.15, -0.1) is 0 Å². The molecule has 0 aromatic heterocycles. The first kappa shape index (κ1) is 17.0. The second-order valence-corrected chi connectivity index (χ2v) is 5.28. The number of amides is 1. The molecule has 2 rings (SSSR count). The average molecular weight is 322 g/mol. The van der Waals surface area contributed by atoms with Crippen molar-refractivity contribution in [2.75, 3.05) is 0 Å². The molecule has 1 unspecified atom stereocenters. The largest absolute Gasteiger partial charge is 0.416 e. The minimum atomic E-state index is -4.33. The molecule has 0 fully saturated rings. The molecule has 0 aliphatic carbocycles. The van der Waals surface area contributed by atoms with Crippen molar-refractivity contribution >= 4 is 5.91 Å². The van der Waals surface area contributed by atoms with E-state index in [1.807, 2.05) is 24.3 Å². The number of alkyl halides is 3. The van der Waals surface area contributed by atoms with Gasteiger partial charge in [0, 0.05) is 6.54 Å². The van der Waals surface area contributed by atoms with Crippen LogP contribution in [0.25, 0.3) is 11.1 Å². The monoisotopic (exact) mass is 322 g/mol. The number of nitrogens with one attached hydrogen (secondary N) is 1. The third kappa shape index (κ3) is 4.56. The van der Waals surface area contributed by atoms with E-state index in [2.05, 4.69) is 5.32 Å². The highest BCUT2D eigenvalue weighted by molar-refractivity contribution is 5.79. The number of halogens is 3. The SMILES string of the molecule is CC(NCc1ccc(-c2ccc(C(F)(F)F)cc2)cc1)C(N)=O. The van der Waals surface area contributed by atoms with E-state index in [1.54, 1.807) is 6.92 Å². The van der Waals surface area contributed by atoms with Crippen LogP contribution >= 0.6 is 0 Å². The Hall–Kier alpha value is -2.34. The van der Waals surface area contributed by atoms with Crippen LogP contribution in [0, 0.1) is 0 Å². The first-order chi connectivity index (χ1) is 10.8. The van der Waals surface area contributed by atoms with Crippen molar-refractivity contribution < 1.29 is 18.0 Å². The minimum absolute atomic E-state index is 0.425. The summed E-state index contributed by atoms with van der Waals surface area (Å²) in [7, 11) is 0. The minimum Gasteiger partial charge on any atom is -0.368 e. The molecular weight excluding hydrogens is 305 g/mol. The molecule has 0 aliphatic heterocycles. The summed E-state index contributed by atoms with van der Waals surface area (Å²) < 4.78 is 37.6. The summed E-state index contributed by atoms with van der Waals surface area (Å²) in [5.74, 6) is -0.425. The molecular formula is C17H17F3N2O. The van der Waals surface area contributed by atoms with Gasteiger partial charge in [-0.2, -0.15) is 13.2 Å². The molecule has 2 aromatic carbocycles. The van der Waals surface area contributed by atoms with Crippen LogP contribution in [0.1, 0.15) is 18.1 Å². The van der Waals surface area contributed by atoms with Crippen LogP contribution in [0.5, 0.6) is 0 Å². The van der Waals surface area contributed by atoms with Crippen LogP contribution in [0.15, 0.2) is 48.5 Å². The van der Waals surface area contributed by atoms with E-state index in [9.17, 15) is 18.0 Å². The van der Waals surface area contributed by atoms with Gasteiger partial charge in [0.25, 0.3) is 0 Å². The van der Waals surface area contributed by atoms with Gasteiger partial charge in [-0.3, -0.25) is 4.79 Å². The van der Waals surface area contributed by atoms with E-state index < -0.39 is 23.7 Å². The van der Waals surface area contributed by atoms with E-state index >= 15 is 0 Å². The molecule has 1 atom stereocenters. The molecule has 0 heterocycles. The van der Waals surface area contributed by atoms with Crippen LogP contribution in [-0.4, -0.2) is 11.9 Å². The lowest BCUT2D eigenvalue weighted by atomic mass is 10.0. The van der Waals surface area contributed by atoms with Gasteiger partial charge >= 0.3 is 6.18 Å². The van der Waals surface area contributed by atoms with Gasteiger partial charge in [-0.05, 0) is 35.7 Å². The number of carbonyl (C=O) groups is 1. The highest BCUT2D eigenvalue weighted by Crippen LogP contribution is 2.31. The Balaban J connectivity index is 2.06. The van der Waals surface area contributed by atoms with Gasteiger partial charge in [-0.25, -0.2) is 0 Å². The second kappa shape index (κ2) is 6.83. The second-order valence-electron chi connectivity index (χ2n) is 5.28. The summed E-state index contributed by atoms with van der Waals surface area (Å²) in [4.78, 5) is 10.9. The maximum atomic E-state index is 12.5. The quantitative estimate of drug-likeness (QED) is 0.887. The summed E-state index contributed by atoms with van der Waals surface area (Å²) >= 11 is 0. The normalized spacial score (nSPS) is 12.9. The predicted octanol–water partition coefficient (Wildman–Crippen LogP) is 3.34. The number of benzene rings is 2. The van der Waals surface area contributed by atoms with Crippen molar-refractivity contribution in [3.63, 3.8) is 0 Å². The van der Waals surface area contributed by atoms with Crippen molar-refractivity contribution in [3.8, 4) is 11.1 Å². The maximum absolute atomic E-state index is 12.5. The van der Waals surface area contributed by atoms with Gasteiger partial charge in [0.2, 0.25) is 5.91 Å². The summed E-state index contributed by atoms with van der Waals surface area (Å²) in [6.45, 7) is 2.16. The topological polar surface area (TPSA) is 55.1 Å². The maximum Gasteiger partial charge on any atom is 0.416 e. The fourth-order valence-corrected chi connectivity index (χ4v) is 2.04. The van der Waals surface area contributed by atoms with E-state index in [4.69, 9.17) is 5.73 Å². The van der Waals surface area contributed by atoms with Gasteiger partial charge in [0.05, 0.1) is 11.6 Å². The standard InChI is InChI=1S/C17H17F3N2O/c1-11(16(21)23)22-10-12-2-4-13(5-3-12)14-6-8-15(9-7-14)17(18,19)20/h2-9,11,22H,10H2,1H3,(H2,21,23). The van der Waals surface area contributed by atoms with Crippen LogP contribution < -0.4 is 11.1 Å². The van der Waals surface area contributed by atoms with Gasteiger partial charge in [0.1, 0.15) is 0 Å². The van der Waals surface area contributed by atoms with Crippen LogP contribution in [0.4, 0.5) is 13.2 Å². The number of primary amides is 1. The van der Waals surface area contributed by atoms with E-state index in [1.165, 1.54) is 12.1 Å². The van der Waals surface area contributed by atoms with Crippen molar-refractivity contribution in [2.45, 2.75) is 25.7 Å². The molecule has 3 N–H and O–H groups in total. The zero-order chi connectivity index (χ0) is 17.0. The van der Waals surface area contributed by atoms with Crippen molar-refractivity contribution in [2.24, 2.45) is 5.73 Å². The van der Waals surface area contributed by atoms with E-state index in [0.29, 0.717) is 12.1 Å². The molecule has 2 aromatic rings. The summed E-state index contributed by atoms with van der Waals surface area (Å²) in [5, 5.41) is 2.98.